The summed E-state index contributed by atoms with van der Waals surface area (Å²) in [5.74, 6) is -0.645. The van der Waals surface area contributed by atoms with Gasteiger partial charge >= 0.3 is 0 Å². The molecular weight excluding hydrogens is 344 g/mol. The van der Waals surface area contributed by atoms with Crippen LogP contribution in [0, 0.1) is 17.0 Å². The number of nitrogens with zero attached hydrogens (tertiary/aromatic N) is 1. The number of anilines is 1. The Kier molecular flexibility index (Phi) is 5.00. The summed E-state index contributed by atoms with van der Waals surface area (Å²) < 4.78 is 0. The Balaban J connectivity index is 2.00. The molecule has 0 aliphatic heterocycles. The lowest BCUT2D eigenvalue weighted by Crippen LogP contribution is -2.41. The number of hydrogen-bond acceptors (Lipinski definition) is 4. The molecule has 27 heavy (non-hydrogen) atoms. The maximum absolute atomic E-state index is 13.1. The molecule has 1 amide bonds. The largest absolute Gasteiger partial charge is 0.372 e. The van der Waals surface area contributed by atoms with E-state index >= 15 is 0 Å². The van der Waals surface area contributed by atoms with Gasteiger partial charge in [0.15, 0.2) is 5.60 Å². The predicted octanol–water partition coefficient (Wildman–Crippen LogP) is 3.78. The highest BCUT2D eigenvalue weighted by Crippen LogP contribution is 2.31. The van der Waals surface area contributed by atoms with Crippen molar-refractivity contribution in [1.29, 1.82) is 0 Å². The molecule has 3 aromatic carbocycles. The molecule has 0 unspecified atom stereocenters. The second-order valence-corrected chi connectivity index (χ2v) is 6.15. The maximum atomic E-state index is 13.1. The number of hydrogen-bond donors (Lipinski definition) is 2. The van der Waals surface area contributed by atoms with E-state index in [2.05, 4.69) is 5.32 Å². The van der Waals surface area contributed by atoms with Crippen molar-refractivity contribution in [3.8, 4) is 0 Å². The highest BCUT2D eigenvalue weighted by molar-refractivity contribution is 6.00. The molecule has 6 heteroatoms. The second-order valence-electron chi connectivity index (χ2n) is 6.15. The number of benzene rings is 3. The van der Waals surface area contributed by atoms with Crippen molar-refractivity contribution in [2.24, 2.45) is 0 Å². The third-order valence-electron chi connectivity index (χ3n) is 4.36. The van der Waals surface area contributed by atoms with Gasteiger partial charge in [-0.1, -0.05) is 60.7 Å². The minimum Gasteiger partial charge on any atom is -0.372 e. The van der Waals surface area contributed by atoms with Gasteiger partial charge in [-0.25, -0.2) is 0 Å². The molecule has 0 atom stereocenters. The van der Waals surface area contributed by atoms with Crippen LogP contribution in [-0.4, -0.2) is 15.9 Å². The molecule has 0 aliphatic carbocycles. The summed E-state index contributed by atoms with van der Waals surface area (Å²) in [6, 6.07) is 21.5. The van der Waals surface area contributed by atoms with Crippen LogP contribution in [0.15, 0.2) is 78.9 Å². The van der Waals surface area contributed by atoms with Crippen LogP contribution in [0.2, 0.25) is 0 Å². The van der Waals surface area contributed by atoms with Crippen molar-refractivity contribution in [2.45, 2.75) is 12.5 Å². The van der Waals surface area contributed by atoms with Crippen molar-refractivity contribution >= 4 is 17.3 Å². The summed E-state index contributed by atoms with van der Waals surface area (Å²) in [4.78, 5) is 23.6. The Morgan fingerprint density at radius 1 is 0.963 bits per heavy atom. The van der Waals surface area contributed by atoms with E-state index in [1.54, 1.807) is 67.6 Å². The number of nitro groups is 1. The smallest absolute Gasteiger partial charge is 0.272 e. The quantitative estimate of drug-likeness (QED) is 0.534. The minimum atomic E-state index is -1.90. The lowest BCUT2D eigenvalue weighted by atomic mass is 9.85. The normalized spacial score (nSPS) is 11.0. The fraction of sp³-hybridized carbons (Fsp3) is 0.0952. The van der Waals surface area contributed by atoms with E-state index < -0.39 is 16.4 Å². The molecule has 3 aromatic rings. The van der Waals surface area contributed by atoms with Crippen molar-refractivity contribution in [3.63, 3.8) is 0 Å². The Morgan fingerprint density at radius 3 is 1.93 bits per heavy atom. The number of amides is 1. The average Bonchev–Trinajstić information content (AvgIpc) is 2.68. The van der Waals surface area contributed by atoms with E-state index in [4.69, 9.17) is 0 Å². The molecule has 0 radical (unpaired) electrons. The van der Waals surface area contributed by atoms with Crippen molar-refractivity contribution < 1.29 is 14.8 Å². The van der Waals surface area contributed by atoms with Crippen LogP contribution in [-0.2, 0) is 10.4 Å². The number of rotatable bonds is 5. The molecular formula is C21H18N2O4. The average molecular weight is 362 g/mol. The number of aryl methyl sites for hydroxylation is 1. The van der Waals surface area contributed by atoms with Gasteiger partial charge in [0, 0.05) is 17.3 Å². The summed E-state index contributed by atoms with van der Waals surface area (Å²) >= 11 is 0. The summed E-state index contributed by atoms with van der Waals surface area (Å²) in [6.07, 6.45) is 0. The van der Waals surface area contributed by atoms with E-state index in [1.165, 1.54) is 18.2 Å². The molecule has 2 N–H and O–H groups in total. The van der Waals surface area contributed by atoms with Crippen molar-refractivity contribution in [2.75, 3.05) is 5.32 Å². The molecule has 6 nitrogen and oxygen atoms in total. The molecule has 0 saturated carbocycles. The van der Waals surface area contributed by atoms with Crippen LogP contribution in [0.5, 0.6) is 0 Å². The zero-order valence-electron chi connectivity index (χ0n) is 14.6. The molecule has 0 spiro atoms. The van der Waals surface area contributed by atoms with E-state index in [0.717, 1.165) is 0 Å². The highest BCUT2D eigenvalue weighted by Gasteiger charge is 2.39. The molecule has 0 heterocycles. The topological polar surface area (TPSA) is 92.5 Å². The zero-order chi connectivity index (χ0) is 19.4. The number of carbonyl (C=O) groups is 1. The van der Waals surface area contributed by atoms with Crippen LogP contribution in [0.1, 0.15) is 16.7 Å². The number of nitro benzene ring substituents is 1. The highest BCUT2D eigenvalue weighted by atomic mass is 16.6. The monoisotopic (exact) mass is 362 g/mol. The van der Waals surface area contributed by atoms with Gasteiger partial charge in [0.2, 0.25) is 0 Å². The van der Waals surface area contributed by atoms with Gasteiger partial charge in [-0.2, -0.15) is 0 Å². The number of aliphatic hydroxyl groups is 1. The first-order chi connectivity index (χ1) is 12.9. The Bertz CT molecular complexity index is 932. The van der Waals surface area contributed by atoms with Crippen molar-refractivity contribution in [1.82, 2.24) is 0 Å². The summed E-state index contributed by atoms with van der Waals surface area (Å²) in [6.45, 7) is 1.59. The van der Waals surface area contributed by atoms with Crippen LogP contribution in [0.4, 0.5) is 11.4 Å². The SMILES string of the molecule is Cc1cc(NC(=O)C(O)(c2ccccc2)c2ccccc2)ccc1[N+](=O)[O-]. The zero-order valence-corrected chi connectivity index (χ0v) is 14.6. The van der Waals surface area contributed by atoms with Crippen LogP contribution in [0.3, 0.4) is 0 Å². The molecule has 0 bridgehead atoms. The van der Waals surface area contributed by atoms with Gasteiger partial charge in [-0.3, -0.25) is 14.9 Å². The van der Waals surface area contributed by atoms with Gasteiger partial charge in [0.25, 0.3) is 11.6 Å². The fourth-order valence-electron chi connectivity index (χ4n) is 2.95. The lowest BCUT2D eigenvalue weighted by molar-refractivity contribution is -0.385. The minimum absolute atomic E-state index is 0.0330. The van der Waals surface area contributed by atoms with Gasteiger partial charge in [-0.15, -0.1) is 0 Å². The summed E-state index contributed by atoms with van der Waals surface area (Å²) in [5, 5.41) is 25.0. The lowest BCUT2D eigenvalue weighted by Gasteiger charge is -2.28. The third kappa shape index (κ3) is 3.56. The van der Waals surface area contributed by atoms with Crippen molar-refractivity contribution in [3.05, 3.63) is 106 Å². The molecule has 0 fully saturated rings. The third-order valence-corrected chi connectivity index (χ3v) is 4.36. The maximum Gasteiger partial charge on any atom is 0.272 e. The van der Waals surface area contributed by atoms with Gasteiger partial charge in [-0.05, 0) is 30.2 Å². The van der Waals surface area contributed by atoms with E-state index in [0.29, 0.717) is 22.4 Å². The molecule has 3 rings (SSSR count). The Hall–Kier alpha value is -3.51. The summed E-state index contributed by atoms with van der Waals surface area (Å²) in [5.41, 5.74) is -0.304. The van der Waals surface area contributed by atoms with E-state index in [-0.39, 0.29) is 5.69 Å². The first kappa shape index (κ1) is 18.3. The van der Waals surface area contributed by atoms with Crippen LogP contribution >= 0.6 is 0 Å². The number of carbonyl (C=O) groups excluding carboxylic acids is 1. The molecule has 0 aliphatic rings. The van der Waals surface area contributed by atoms with E-state index in [1.807, 2.05) is 0 Å². The fourth-order valence-corrected chi connectivity index (χ4v) is 2.95. The Labute approximate surface area is 156 Å². The molecule has 0 aromatic heterocycles. The van der Waals surface area contributed by atoms with Gasteiger partial charge in [0.1, 0.15) is 0 Å². The predicted molar refractivity (Wildman–Crippen MR) is 102 cm³/mol. The molecule has 0 saturated heterocycles. The Morgan fingerprint density at radius 2 is 1.48 bits per heavy atom. The second kappa shape index (κ2) is 7.39. The number of nitrogens with one attached hydrogen (secondary N) is 1. The first-order valence-corrected chi connectivity index (χ1v) is 8.33. The first-order valence-electron chi connectivity index (χ1n) is 8.33. The molecule has 136 valence electrons. The van der Waals surface area contributed by atoms with Crippen LogP contribution in [0.25, 0.3) is 0 Å². The standard InChI is InChI=1S/C21H18N2O4/c1-15-14-18(12-13-19(15)23(26)27)22-20(24)21(25,16-8-4-2-5-9-16)17-10-6-3-7-11-17/h2-14,25H,1H3,(H,22,24). The summed E-state index contributed by atoms with van der Waals surface area (Å²) in [7, 11) is 0. The van der Waals surface area contributed by atoms with Crippen LogP contribution < -0.4 is 5.32 Å². The van der Waals surface area contributed by atoms with Gasteiger partial charge in [0.05, 0.1) is 4.92 Å². The van der Waals surface area contributed by atoms with Gasteiger partial charge < -0.3 is 10.4 Å². The van der Waals surface area contributed by atoms with E-state index in [9.17, 15) is 20.0 Å².